The molecule has 0 saturated heterocycles. The molecule has 0 aliphatic rings. The van der Waals surface area contributed by atoms with Gasteiger partial charge in [0.1, 0.15) is 5.82 Å². The highest BCUT2D eigenvalue weighted by molar-refractivity contribution is 5.39. The summed E-state index contributed by atoms with van der Waals surface area (Å²) in [4.78, 5) is 6.68. The second-order valence-corrected chi connectivity index (χ2v) is 5.04. The van der Waals surface area contributed by atoms with E-state index in [0.717, 1.165) is 32.1 Å². The Labute approximate surface area is 126 Å². The Hall–Kier alpha value is -1.91. The van der Waals surface area contributed by atoms with Gasteiger partial charge in [0.05, 0.1) is 6.61 Å². The van der Waals surface area contributed by atoms with Crippen LogP contribution in [0.25, 0.3) is 0 Å². The van der Waals surface area contributed by atoms with Crippen LogP contribution >= 0.6 is 0 Å². The standard InChI is InChI=1S/C17H23N3O/c1-20(14-15-6-4-3-5-7-15)17-9-8-16(13-19-17)12-18-10-11-21-2/h3-9,13,18H,10-12,14H2,1-2H3. The lowest BCUT2D eigenvalue weighted by Gasteiger charge is -2.18. The fourth-order valence-corrected chi connectivity index (χ4v) is 2.09. The van der Waals surface area contributed by atoms with Gasteiger partial charge in [-0.25, -0.2) is 4.98 Å². The number of aromatic nitrogens is 1. The molecule has 1 aromatic heterocycles. The van der Waals surface area contributed by atoms with Crippen molar-refractivity contribution in [1.29, 1.82) is 0 Å². The zero-order valence-corrected chi connectivity index (χ0v) is 12.7. The second kappa shape index (κ2) is 8.39. The van der Waals surface area contributed by atoms with Crippen molar-refractivity contribution in [2.75, 3.05) is 32.2 Å². The molecule has 0 fully saturated rings. The van der Waals surface area contributed by atoms with Crippen molar-refractivity contribution >= 4 is 5.82 Å². The maximum atomic E-state index is 5.00. The molecule has 2 aromatic rings. The number of anilines is 1. The molecule has 0 unspecified atom stereocenters. The normalized spacial score (nSPS) is 10.6. The molecular formula is C17H23N3O. The van der Waals surface area contributed by atoms with E-state index in [1.807, 2.05) is 12.3 Å². The van der Waals surface area contributed by atoms with Gasteiger partial charge in [-0.2, -0.15) is 0 Å². The van der Waals surface area contributed by atoms with Crippen LogP contribution in [-0.2, 0) is 17.8 Å². The van der Waals surface area contributed by atoms with Gasteiger partial charge in [0.2, 0.25) is 0 Å². The number of nitrogens with zero attached hydrogens (tertiary/aromatic N) is 2. The molecule has 0 aliphatic heterocycles. The molecule has 0 atom stereocenters. The van der Waals surface area contributed by atoms with E-state index in [1.165, 1.54) is 11.1 Å². The van der Waals surface area contributed by atoms with E-state index in [2.05, 4.69) is 58.6 Å². The number of nitrogens with one attached hydrogen (secondary N) is 1. The minimum absolute atomic E-state index is 0.728. The molecule has 0 aliphatic carbocycles. The lowest BCUT2D eigenvalue weighted by Crippen LogP contribution is -2.19. The van der Waals surface area contributed by atoms with Gasteiger partial charge >= 0.3 is 0 Å². The molecule has 4 heteroatoms. The van der Waals surface area contributed by atoms with Crippen LogP contribution in [0.1, 0.15) is 11.1 Å². The van der Waals surface area contributed by atoms with E-state index in [-0.39, 0.29) is 0 Å². The molecule has 1 N–H and O–H groups in total. The fraction of sp³-hybridized carbons (Fsp3) is 0.353. The van der Waals surface area contributed by atoms with Crippen LogP contribution in [-0.4, -0.2) is 32.3 Å². The molecule has 21 heavy (non-hydrogen) atoms. The van der Waals surface area contributed by atoms with E-state index in [9.17, 15) is 0 Å². The average Bonchev–Trinajstić information content (AvgIpc) is 2.53. The van der Waals surface area contributed by atoms with E-state index in [0.29, 0.717) is 0 Å². The number of benzene rings is 1. The third kappa shape index (κ3) is 5.17. The lowest BCUT2D eigenvalue weighted by atomic mass is 10.2. The summed E-state index contributed by atoms with van der Waals surface area (Å²) in [5.74, 6) is 0.986. The fourth-order valence-electron chi connectivity index (χ4n) is 2.09. The molecule has 112 valence electrons. The monoisotopic (exact) mass is 285 g/mol. The van der Waals surface area contributed by atoms with Crippen molar-refractivity contribution in [2.24, 2.45) is 0 Å². The van der Waals surface area contributed by atoms with Crippen LogP contribution < -0.4 is 10.2 Å². The second-order valence-electron chi connectivity index (χ2n) is 5.04. The third-order valence-corrected chi connectivity index (χ3v) is 3.27. The van der Waals surface area contributed by atoms with Crippen LogP contribution in [0.5, 0.6) is 0 Å². The SMILES string of the molecule is COCCNCc1ccc(N(C)Cc2ccccc2)nc1. The predicted molar refractivity (Wildman–Crippen MR) is 86.4 cm³/mol. The van der Waals surface area contributed by atoms with Crippen molar-refractivity contribution in [3.8, 4) is 0 Å². The summed E-state index contributed by atoms with van der Waals surface area (Å²) in [6, 6.07) is 14.6. The van der Waals surface area contributed by atoms with Gasteiger partial charge < -0.3 is 15.0 Å². The number of ether oxygens (including phenoxy) is 1. The number of hydrogen-bond acceptors (Lipinski definition) is 4. The first-order valence-electron chi connectivity index (χ1n) is 7.19. The number of hydrogen-bond donors (Lipinski definition) is 1. The molecule has 1 heterocycles. The van der Waals surface area contributed by atoms with Crippen molar-refractivity contribution < 1.29 is 4.74 Å². The zero-order valence-electron chi connectivity index (χ0n) is 12.7. The zero-order chi connectivity index (χ0) is 14.9. The summed E-state index contributed by atoms with van der Waals surface area (Å²) in [7, 11) is 3.77. The van der Waals surface area contributed by atoms with Gasteiger partial charge in [-0.1, -0.05) is 36.4 Å². The van der Waals surface area contributed by atoms with Gasteiger partial charge in [0.15, 0.2) is 0 Å². The number of rotatable bonds is 8. The number of methoxy groups -OCH3 is 1. The number of pyridine rings is 1. The molecule has 0 radical (unpaired) electrons. The Morgan fingerprint density at radius 2 is 1.90 bits per heavy atom. The molecular weight excluding hydrogens is 262 g/mol. The van der Waals surface area contributed by atoms with Crippen molar-refractivity contribution in [3.05, 3.63) is 59.8 Å². The van der Waals surface area contributed by atoms with Gasteiger partial charge in [0.25, 0.3) is 0 Å². The average molecular weight is 285 g/mol. The largest absolute Gasteiger partial charge is 0.383 e. The Balaban J connectivity index is 1.86. The van der Waals surface area contributed by atoms with E-state index >= 15 is 0 Å². The molecule has 1 aromatic carbocycles. The maximum Gasteiger partial charge on any atom is 0.128 e. The van der Waals surface area contributed by atoms with E-state index in [1.54, 1.807) is 7.11 Å². The minimum Gasteiger partial charge on any atom is -0.383 e. The van der Waals surface area contributed by atoms with Gasteiger partial charge in [-0.05, 0) is 17.2 Å². The summed E-state index contributed by atoms with van der Waals surface area (Å²) in [5, 5.41) is 3.31. The van der Waals surface area contributed by atoms with Gasteiger partial charge in [-0.3, -0.25) is 0 Å². The van der Waals surface area contributed by atoms with Crippen LogP contribution in [0.15, 0.2) is 48.7 Å². The van der Waals surface area contributed by atoms with Gasteiger partial charge in [-0.15, -0.1) is 0 Å². The Morgan fingerprint density at radius 3 is 2.57 bits per heavy atom. The maximum absolute atomic E-state index is 5.00. The van der Waals surface area contributed by atoms with Crippen molar-refractivity contribution in [2.45, 2.75) is 13.1 Å². The van der Waals surface area contributed by atoms with Crippen molar-refractivity contribution in [1.82, 2.24) is 10.3 Å². The molecule has 2 rings (SSSR count). The highest BCUT2D eigenvalue weighted by Crippen LogP contribution is 2.13. The Bertz CT molecular complexity index is 513. The first-order valence-corrected chi connectivity index (χ1v) is 7.19. The summed E-state index contributed by atoms with van der Waals surface area (Å²) < 4.78 is 5.00. The molecule has 0 bridgehead atoms. The molecule has 0 saturated carbocycles. The van der Waals surface area contributed by atoms with Crippen LogP contribution in [0.4, 0.5) is 5.82 Å². The molecule has 0 spiro atoms. The third-order valence-electron chi connectivity index (χ3n) is 3.27. The van der Waals surface area contributed by atoms with Crippen LogP contribution in [0.3, 0.4) is 0 Å². The smallest absolute Gasteiger partial charge is 0.128 e. The van der Waals surface area contributed by atoms with Crippen LogP contribution in [0, 0.1) is 0 Å². The summed E-state index contributed by atoms with van der Waals surface area (Å²) in [6.45, 7) is 3.26. The summed E-state index contributed by atoms with van der Waals surface area (Å²) in [5.41, 5.74) is 2.47. The lowest BCUT2D eigenvalue weighted by molar-refractivity contribution is 0.199. The molecule has 0 amide bonds. The summed E-state index contributed by atoms with van der Waals surface area (Å²) in [6.07, 6.45) is 1.93. The minimum atomic E-state index is 0.728. The highest BCUT2D eigenvalue weighted by Gasteiger charge is 2.03. The Kier molecular flexibility index (Phi) is 6.19. The van der Waals surface area contributed by atoms with E-state index < -0.39 is 0 Å². The van der Waals surface area contributed by atoms with Gasteiger partial charge in [0, 0.05) is 40.0 Å². The quantitative estimate of drug-likeness (QED) is 0.756. The van der Waals surface area contributed by atoms with E-state index in [4.69, 9.17) is 4.74 Å². The predicted octanol–water partition coefficient (Wildman–Crippen LogP) is 2.45. The van der Waals surface area contributed by atoms with Crippen LogP contribution in [0.2, 0.25) is 0 Å². The highest BCUT2D eigenvalue weighted by atomic mass is 16.5. The first-order chi connectivity index (χ1) is 10.3. The van der Waals surface area contributed by atoms with Crippen molar-refractivity contribution in [3.63, 3.8) is 0 Å². The first kappa shape index (κ1) is 15.5. The molecule has 4 nitrogen and oxygen atoms in total. The topological polar surface area (TPSA) is 37.4 Å². The Morgan fingerprint density at radius 1 is 1.10 bits per heavy atom. The summed E-state index contributed by atoms with van der Waals surface area (Å²) >= 11 is 0.